The van der Waals surface area contributed by atoms with Gasteiger partial charge in [0.1, 0.15) is 52.3 Å². The number of aliphatic hydroxyl groups is 2. The van der Waals surface area contributed by atoms with E-state index in [1.54, 1.807) is 46.3 Å². The number of morpholine rings is 2. The van der Waals surface area contributed by atoms with Crippen LogP contribution in [0.2, 0.25) is 0 Å². The Morgan fingerprint density at radius 1 is 0.565 bits per heavy atom. The number of ketones is 5. The number of aromatic hydroxyl groups is 4. The van der Waals surface area contributed by atoms with Crippen molar-refractivity contribution in [3.63, 3.8) is 0 Å². The normalized spacial score (nSPS) is 33.6. The molecule has 0 radical (unpaired) electrons. The van der Waals surface area contributed by atoms with Crippen LogP contribution in [0.15, 0.2) is 36.4 Å². The van der Waals surface area contributed by atoms with Crippen molar-refractivity contribution >= 4 is 28.9 Å². The summed E-state index contributed by atoms with van der Waals surface area (Å²) in [6.45, 7) is 13.0. The first-order valence-corrected chi connectivity index (χ1v) is 31.3. The SMILES string of the molecule is COc1cccc2c1C(=O)c1c(O)c3c(c(O)c1C2=O)C[C@@](O)(C(=O)C(C)C)C[C@@H]3OC1C[C@H]2[C@H](O[C@@H]3[C@@H](OC)OCCN32)[C@H](C)O1.COc1cccc2c1C(=O)c1c(O)c3c(c(O)c1C2=O)C[C@@](O)(C(C)C)C[C@@H]3OC1C[C@H]2[C@H](O[C@@H]3[C@@H](OC)OCCN32)[C@H](C)O1. The maximum absolute atomic E-state index is 14.0. The number of rotatable bonds is 11. The summed E-state index contributed by atoms with van der Waals surface area (Å²) in [4.78, 5) is 73.2. The first-order valence-electron chi connectivity index (χ1n) is 31.3. The molecule has 0 saturated carbocycles. The smallest absolute Gasteiger partial charge is 0.202 e. The van der Waals surface area contributed by atoms with Crippen LogP contribution < -0.4 is 9.47 Å². The lowest BCUT2D eigenvalue weighted by Gasteiger charge is -2.45. The van der Waals surface area contributed by atoms with Crippen LogP contribution in [0.3, 0.4) is 0 Å². The Kier molecular flexibility index (Phi) is 16.8. The fraction of sp³-hybridized carbons (Fsp3) is 0.567. The second kappa shape index (κ2) is 24.0. The number of hydrogen-bond acceptors (Lipinski definition) is 25. The molecule has 2 unspecified atom stereocenters. The number of ether oxygens (including phenoxy) is 12. The Morgan fingerprint density at radius 3 is 1.40 bits per heavy atom. The minimum atomic E-state index is -2.01. The minimum absolute atomic E-state index is 0.00341. The number of benzene rings is 4. The third-order valence-electron chi connectivity index (χ3n) is 20.4. The molecule has 6 aliphatic heterocycles. The zero-order valence-electron chi connectivity index (χ0n) is 52.8. The summed E-state index contributed by atoms with van der Waals surface area (Å²) in [6, 6.07) is 8.96. The van der Waals surface area contributed by atoms with E-state index in [-0.39, 0.29) is 135 Å². The summed E-state index contributed by atoms with van der Waals surface area (Å²) in [6.07, 6.45) is -7.00. The van der Waals surface area contributed by atoms with Crippen LogP contribution in [0, 0.1) is 11.8 Å². The van der Waals surface area contributed by atoms with Crippen LogP contribution in [-0.2, 0) is 65.0 Å². The number of fused-ring (bicyclic) bond motifs is 12. The van der Waals surface area contributed by atoms with Gasteiger partial charge in [0, 0.05) is 117 Å². The van der Waals surface area contributed by atoms with E-state index in [1.807, 2.05) is 27.7 Å². The monoisotopic (exact) mass is 1280 g/mol. The van der Waals surface area contributed by atoms with Gasteiger partial charge in [-0.2, -0.15) is 0 Å². The highest BCUT2D eigenvalue weighted by molar-refractivity contribution is 6.32. The molecule has 4 aliphatic carbocycles. The average Bonchev–Trinajstić information content (AvgIpc) is 1.01. The predicted octanol–water partition coefficient (Wildman–Crippen LogP) is 5.18. The summed E-state index contributed by atoms with van der Waals surface area (Å²) in [7, 11) is 5.89. The van der Waals surface area contributed by atoms with E-state index in [2.05, 4.69) is 9.80 Å². The van der Waals surface area contributed by atoms with E-state index >= 15 is 0 Å². The molecule has 6 heterocycles. The van der Waals surface area contributed by atoms with Gasteiger partial charge >= 0.3 is 0 Å². The molecular weight excluding hydrogens is 1200 g/mol. The molecule has 4 aromatic carbocycles. The van der Waals surface area contributed by atoms with Crippen molar-refractivity contribution in [3.8, 4) is 34.5 Å². The topological polar surface area (TPSA) is 324 Å². The number of carbonyl (C=O) groups excluding carboxylic acids is 5. The molecule has 25 nitrogen and oxygen atoms in total. The summed E-state index contributed by atoms with van der Waals surface area (Å²) < 4.78 is 71.5. The van der Waals surface area contributed by atoms with Crippen LogP contribution in [0.25, 0.3) is 0 Å². The highest BCUT2D eigenvalue weighted by Crippen LogP contribution is 2.56. The summed E-state index contributed by atoms with van der Waals surface area (Å²) >= 11 is 0. The largest absolute Gasteiger partial charge is 0.507 e. The first-order chi connectivity index (χ1) is 43.9. The third kappa shape index (κ3) is 10.1. The Hall–Kier alpha value is -6.53. The Labute approximate surface area is 530 Å². The third-order valence-corrected chi connectivity index (χ3v) is 20.4. The maximum Gasteiger partial charge on any atom is 0.202 e. The number of nitrogens with zero attached hydrogens (tertiary/aromatic N) is 2. The second-order valence-electron chi connectivity index (χ2n) is 26.1. The minimum Gasteiger partial charge on any atom is -0.507 e. The summed E-state index contributed by atoms with van der Waals surface area (Å²) in [5, 5.41) is 70.7. The number of hydrogen-bond donors (Lipinski definition) is 6. The van der Waals surface area contributed by atoms with E-state index < -0.39 is 131 Å². The number of carbonyl (C=O) groups is 5. The quantitative estimate of drug-likeness (QED) is 0.0910. The van der Waals surface area contributed by atoms with Crippen molar-refractivity contribution in [2.24, 2.45) is 11.8 Å². The van der Waals surface area contributed by atoms with Gasteiger partial charge in [0.05, 0.1) is 90.8 Å². The molecule has 92 heavy (non-hydrogen) atoms. The zero-order valence-corrected chi connectivity index (χ0v) is 52.8. The van der Waals surface area contributed by atoms with Gasteiger partial charge in [-0.15, -0.1) is 0 Å². The molecule has 0 bridgehead atoms. The lowest BCUT2D eigenvalue weighted by molar-refractivity contribution is -0.257. The molecule has 6 fully saturated rings. The molecule has 6 saturated heterocycles. The Bertz CT molecular complexity index is 3680. The van der Waals surface area contributed by atoms with Crippen molar-refractivity contribution < 1.29 is 111 Å². The molecule has 494 valence electrons. The van der Waals surface area contributed by atoms with Crippen molar-refractivity contribution in [2.75, 3.05) is 54.7 Å². The molecule has 0 spiro atoms. The lowest BCUT2D eigenvalue weighted by atomic mass is 9.70. The number of phenols is 4. The molecule has 0 aromatic heterocycles. The highest BCUT2D eigenvalue weighted by atomic mass is 16.7. The number of Topliss-reactive ketones (excluding diaryl/α,β-unsaturated/α-hetero) is 1. The van der Waals surface area contributed by atoms with Gasteiger partial charge in [-0.1, -0.05) is 52.0 Å². The predicted molar refractivity (Wildman–Crippen MR) is 318 cm³/mol. The van der Waals surface area contributed by atoms with Crippen molar-refractivity contribution in [3.05, 3.63) is 103 Å². The van der Waals surface area contributed by atoms with Crippen LogP contribution in [0.1, 0.15) is 165 Å². The van der Waals surface area contributed by atoms with Gasteiger partial charge < -0.3 is 87.5 Å². The van der Waals surface area contributed by atoms with Crippen molar-refractivity contribution in [1.29, 1.82) is 0 Å². The second-order valence-corrected chi connectivity index (χ2v) is 26.1. The molecule has 0 amide bonds. The number of methoxy groups -OCH3 is 4. The van der Waals surface area contributed by atoms with Crippen molar-refractivity contribution in [1.82, 2.24) is 9.80 Å². The van der Waals surface area contributed by atoms with E-state index in [1.165, 1.54) is 32.4 Å². The Morgan fingerprint density at radius 2 is 0.989 bits per heavy atom. The molecule has 10 aliphatic rings. The number of phenolic OH excluding ortho intramolecular Hbond substituents is 4. The van der Waals surface area contributed by atoms with Gasteiger partial charge in [0.2, 0.25) is 11.6 Å². The van der Waals surface area contributed by atoms with Crippen LogP contribution >= 0.6 is 0 Å². The van der Waals surface area contributed by atoms with Gasteiger partial charge in [0.25, 0.3) is 0 Å². The molecule has 4 aromatic rings. The van der Waals surface area contributed by atoms with Crippen molar-refractivity contribution in [2.45, 2.75) is 178 Å². The molecule has 16 atom stereocenters. The maximum atomic E-state index is 14.0. The van der Waals surface area contributed by atoms with Gasteiger partial charge in [-0.25, -0.2) is 0 Å². The van der Waals surface area contributed by atoms with E-state index in [4.69, 9.17) is 56.8 Å². The van der Waals surface area contributed by atoms with Crippen LogP contribution in [0.5, 0.6) is 34.5 Å². The molecule has 6 N–H and O–H groups in total. The van der Waals surface area contributed by atoms with Gasteiger partial charge in [-0.3, -0.25) is 33.8 Å². The fourth-order valence-corrected chi connectivity index (χ4v) is 15.9. The van der Waals surface area contributed by atoms with Gasteiger partial charge in [0.15, 0.2) is 55.0 Å². The standard InChI is InChI=1S/C34H39NO12.C33H39NO11/c1-14(2)31(40)34(41)12-17-23(29(39)25-24(27(17)37)26(36)16-7-6-8-19(42-4)22(16)28(25)38)20(13-34)46-21-11-18-30(15(3)45-21)47-32-33(43-5)44-10-9-35(18)32;1-14(2)33(39)12-17-23(29(38)25-24(27(17)36)26(35)16-7-6-8-19(40-4)22(16)28(25)37)20(13-33)44-21-11-18-30(15(3)43-21)45-31-32(41-5)42-10-9-34(18)31/h6-8,14-15,18,20-21,30,32-33,37,39,41H,9-13H2,1-5H3;6-8,14-15,18,20-21,30-32,36,38-39H,9-13H2,1-5H3/t15-,18-,20-,21?,30+,32+,33-,34-;15-,18-,20-,21?,30+,31+,32-,33-/m00/s1. The Balaban J connectivity index is 0.000000168. The van der Waals surface area contributed by atoms with E-state index in [0.29, 0.717) is 39.1 Å². The van der Waals surface area contributed by atoms with E-state index in [9.17, 15) is 54.6 Å². The summed E-state index contributed by atoms with van der Waals surface area (Å²) in [5.74, 6) is -5.72. The highest BCUT2D eigenvalue weighted by Gasteiger charge is 2.58. The van der Waals surface area contributed by atoms with Crippen LogP contribution in [-0.4, -0.2) is 209 Å². The summed E-state index contributed by atoms with van der Waals surface area (Å²) in [5.41, 5.74) is -4.35. The van der Waals surface area contributed by atoms with E-state index in [0.717, 1.165) is 0 Å². The molecule has 25 heteroatoms. The lowest BCUT2D eigenvalue weighted by Crippen LogP contribution is -2.55. The average molecular weight is 1280 g/mol. The molecular formula is C67H78N2O23. The van der Waals surface area contributed by atoms with Crippen LogP contribution in [0.4, 0.5) is 0 Å². The zero-order chi connectivity index (χ0) is 65.5. The first kappa shape index (κ1) is 64.2. The van der Waals surface area contributed by atoms with Gasteiger partial charge in [-0.05, 0) is 31.9 Å². The fourth-order valence-electron chi connectivity index (χ4n) is 15.9. The molecule has 14 rings (SSSR count).